The quantitative estimate of drug-likeness (QED) is 0.223. The molecule has 3 aromatic rings. The Kier molecular flexibility index (Phi) is 13.2. The van der Waals surface area contributed by atoms with Gasteiger partial charge in [0.2, 0.25) is 0 Å². The summed E-state index contributed by atoms with van der Waals surface area (Å²) in [5.74, 6) is 0.913. The van der Waals surface area contributed by atoms with Crippen LogP contribution in [0.2, 0.25) is 20.1 Å². The van der Waals surface area contributed by atoms with Crippen molar-refractivity contribution in [2.24, 2.45) is 11.8 Å². The molecule has 1 fully saturated rings. The van der Waals surface area contributed by atoms with Gasteiger partial charge >= 0.3 is 0 Å². The zero-order chi connectivity index (χ0) is 28.7. The Balaban J connectivity index is 0.00000462. The summed E-state index contributed by atoms with van der Waals surface area (Å²) in [4.78, 5) is 15.8. The zero-order valence-corrected chi connectivity index (χ0v) is 27.5. The van der Waals surface area contributed by atoms with Gasteiger partial charge in [0.15, 0.2) is 0 Å². The molecular formula is C33H39Cl5N2O. The summed E-state index contributed by atoms with van der Waals surface area (Å²) in [7, 11) is 0. The van der Waals surface area contributed by atoms with Gasteiger partial charge in [0.05, 0.1) is 20.6 Å². The van der Waals surface area contributed by atoms with E-state index in [-0.39, 0.29) is 23.7 Å². The van der Waals surface area contributed by atoms with Crippen LogP contribution in [-0.4, -0.2) is 37.0 Å². The fourth-order valence-electron chi connectivity index (χ4n) is 5.99. The highest BCUT2D eigenvalue weighted by molar-refractivity contribution is 6.42. The highest BCUT2D eigenvalue weighted by Gasteiger charge is 2.35. The number of rotatable bonds is 11. The van der Waals surface area contributed by atoms with E-state index in [1.54, 1.807) is 18.2 Å². The van der Waals surface area contributed by atoms with Gasteiger partial charge in [0.25, 0.3) is 5.91 Å². The number of piperidine rings is 1. The molecule has 1 unspecified atom stereocenters. The van der Waals surface area contributed by atoms with Crippen LogP contribution in [0.4, 0.5) is 0 Å². The second-order valence-corrected chi connectivity index (χ2v) is 13.2. The van der Waals surface area contributed by atoms with Crippen LogP contribution < -0.4 is 5.32 Å². The number of benzene rings is 3. The molecular weight excluding hydrogens is 618 g/mol. The van der Waals surface area contributed by atoms with Gasteiger partial charge in [0, 0.05) is 17.0 Å². The van der Waals surface area contributed by atoms with Gasteiger partial charge in [-0.25, -0.2) is 0 Å². The topological polar surface area (TPSA) is 32.3 Å². The third-order valence-electron chi connectivity index (χ3n) is 8.07. The van der Waals surface area contributed by atoms with Crippen molar-refractivity contribution in [2.75, 3.05) is 26.2 Å². The monoisotopic (exact) mass is 654 g/mol. The molecule has 1 N–H and O–H groups in total. The molecule has 0 spiro atoms. The van der Waals surface area contributed by atoms with Crippen LogP contribution in [-0.2, 0) is 11.8 Å². The van der Waals surface area contributed by atoms with Crippen molar-refractivity contribution >= 4 is 64.7 Å². The number of nitrogens with one attached hydrogen (secondary N) is 1. The lowest BCUT2D eigenvalue weighted by atomic mass is 9.71. The summed E-state index contributed by atoms with van der Waals surface area (Å²) in [6, 6.07) is 21.6. The average Bonchev–Trinajstić information content (AvgIpc) is 2.93. The number of hydrogen-bond donors (Lipinski definition) is 1. The minimum atomic E-state index is -0.322. The largest absolute Gasteiger partial charge is 0.351 e. The summed E-state index contributed by atoms with van der Waals surface area (Å²) in [6.07, 6.45) is 5.33. The van der Waals surface area contributed by atoms with E-state index in [2.05, 4.69) is 60.5 Å². The fraction of sp³-hybridized carbons (Fsp3) is 0.424. The molecule has 1 heterocycles. The van der Waals surface area contributed by atoms with Crippen molar-refractivity contribution < 1.29 is 4.79 Å². The van der Waals surface area contributed by atoms with Gasteiger partial charge in [-0.1, -0.05) is 96.6 Å². The van der Waals surface area contributed by atoms with E-state index < -0.39 is 0 Å². The Morgan fingerprint density at radius 1 is 0.927 bits per heavy atom. The molecule has 4 rings (SSSR count). The molecule has 0 aliphatic carbocycles. The molecule has 0 saturated carbocycles. The zero-order valence-electron chi connectivity index (χ0n) is 23.6. The van der Waals surface area contributed by atoms with Crippen molar-refractivity contribution in [2.45, 2.75) is 51.4 Å². The second-order valence-electron chi connectivity index (χ2n) is 11.5. The summed E-state index contributed by atoms with van der Waals surface area (Å²) < 4.78 is 0. The smallest absolute Gasteiger partial charge is 0.252 e. The van der Waals surface area contributed by atoms with Crippen LogP contribution >= 0.6 is 58.8 Å². The third-order valence-corrected chi connectivity index (χ3v) is 9.36. The first-order chi connectivity index (χ1) is 19.1. The van der Waals surface area contributed by atoms with Crippen LogP contribution in [0, 0.1) is 11.8 Å². The Labute approximate surface area is 271 Å². The normalized spacial score (nSPS) is 15.8. The third kappa shape index (κ3) is 9.51. The van der Waals surface area contributed by atoms with E-state index in [0.717, 1.165) is 50.4 Å². The number of halogens is 5. The molecule has 1 aliphatic rings. The number of amides is 1. The maximum Gasteiger partial charge on any atom is 0.252 e. The first kappa shape index (κ1) is 34.0. The van der Waals surface area contributed by atoms with Crippen LogP contribution in [0.1, 0.15) is 61.0 Å². The average molecular weight is 657 g/mol. The molecule has 1 atom stereocenters. The Hall–Kier alpha value is -1.46. The number of carbonyl (C=O) groups is 1. The van der Waals surface area contributed by atoms with Gasteiger partial charge < -0.3 is 10.2 Å². The highest BCUT2D eigenvalue weighted by atomic mass is 35.5. The maximum atomic E-state index is 13.3. The molecule has 1 amide bonds. The van der Waals surface area contributed by atoms with Gasteiger partial charge in [0.1, 0.15) is 0 Å². The Bertz CT molecular complexity index is 1280. The van der Waals surface area contributed by atoms with Gasteiger partial charge in [-0.15, -0.1) is 12.4 Å². The first-order valence-corrected chi connectivity index (χ1v) is 15.6. The second kappa shape index (κ2) is 15.8. The van der Waals surface area contributed by atoms with Crippen LogP contribution in [0.15, 0.2) is 66.7 Å². The minimum absolute atomic E-state index is 0. The molecule has 0 aromatic heterocycles. The lowest BCUT2D eigenvalue weighted by Gasteiger charge is -2.40. The van der Waals surface area contributed by atoms with Crippen molar-refractivity contribution in [1.82, 2.24) is 10.2 Å². The highest BCUT2D eigenvalue weighted by Crippen LogP contribution is 2.38. The first-order valence-electron chi connectivity index (χ1n) is 14.1. The predicted octanol–water partition coefficient (Wildman–Crippen LogP) is 9.78. The molecule has 0 bridgehead atoms. The van der Waals surface area contributed by atoms with Gasteiger partial charge in [-0.3, -0.25) is 4.79 Å². The molecule has 222 valence electrons. The van der Waals surface area contributed by atoms with E-state index in [4.69, 9.17) is 46.4 Å². The van der Waals surface area contributed by atoms with Crippen LogP contribution in [0.3, 0.4) is 0 Å². The van der Waals surface area contributed by atoms with Crippen molar-refractivity contribution in [3.63, 3.8) is 0 Å². The predicted molar refractivity (Wildman–Crippen MR) is 178 cm³/mol. The number of likely N-dealkylation sites (tertiary alicyclic amines) is 1. The van der Waals surface area contributed by atoms with Crippen LogP contribution in [0.25, 0.3) is 0 Å². The van der Waals surface area contributed by atoms with Crippen molar-refractivity contribution in [3.8, 4) is 0 Å². The van der Waals surface area contributed by atoms with Crippen molar-refractivity contribution in [1.29, 1.82) is 0 Å². The van der Waals surface area contributed by atoms with E-state index in [1.807, 2.05) is 12.1 Å². The fourth-order valence-corrected chi connectivity index (χ4v) is 6.78. The SMILES string of the molecule is CC(C)CC(CCN1CCC(Cc2ccccc2)CC1)(CNC(=O)c1ccc(Cl)cc1Cl)c1ccc(Cl)c(Cl)c1.Cl. The Morgan fingerprint density at radius 2 is 1.63 bits per heavy atom. The number of nitrogens with zero attached hydrogens (tertiary/aromatic N) is 1. The molecule has 1 aliphatic heterocycles. The molecule has 0 radical (unpaired) electrons. The summed E-state index contributed by atoms with van der Waals surface area (Å²) >= 11 is 25.2. The van der Waals surface area contributed by atoms with E-state index >= 15 is 0 Å². The van der Waals surface area contributed by atoms with E-state index in [1.165, 1.54) is 18.4 Å². The minimum Gasteiger partial charge on any atom is -0.351 e. The lowest BCUT2D eigenvalue weighted by molar-refractivity contribution is 0.0932. The summed E-state index contributed by atoms with van der Waals surface area (Å²) in [5.41, 5.74) is 2.61. The maximum absolute atomic E-state index is 13.3. The molecule has 3 nitrogen and oxygen atoms in total. The molecule has 1 saturated heterocycles. The van der Waals surface area contributed by atoms with Gasteiger partial charge in [-0.2, -0.15) is 0 Å². The van der Waals surface area contributed by atoms with E-state index in [0.29, 0.717) is 38.1 Å². The Morgan fingerprint density at radius 3 is 2.27 bits per heavy atom. The number of hydrogen-bond acceptors (Lipinski definition) is 2. The number of carbonyl (C=O) groups excluding carboxylic acids is 1. The van der Waals surface area contributed by atoms with Gasteiger partial charge in [-0.05, 0) is 105 Å². The molecule has 41 heavy (non-hydrogen) atoms. The van der Waals surface area contributed by atoms with Crippen molar-refractivity contribution in [3.05, 3.63) is 104 Å². The summed E-state index contributed by atoms with van der Waals surface area (Å²) in [5, 5.41) is 5.10. The van der Waals surface area contributed by atoms with E-state index in [9.17, 15) is 4.79 Å². The molecule has 8 heteroatoms. The molecule has 3 aromatic carbocycles. The lowest BCUT2D eigenvalue weighted by Crippen LogP contribution is -2.45. The standard InChI is InChI=1S/C33H38Cl4N2O.ClH/c1-23(2)21-33(26-8-11-29(35)31(37)19-26,22-38-32(40)28-10-9-27(34)20-30(28)36)14-17-39-15-12-25(13-16-39)18-24-6-4-3-5-7-24;/h3-11,19-20,23,25H,12-18,21-22H2,1-2H3,(H,38,40);1H. The van der Waals surface area contributed by atoms with Crippen LogP contribution in [0.5, 0.6) is 0 Å². The summed E-state index contributed by atoms with van der Waals surface area (Å²) in [6.45, 7) is 8.03.